The van der Waals surface area contributed by atoms with E-state index in [-0.39, 0.29) is 5.91 Å². The number of aliphatic hydroxyl groups excluding tert-OH is 1. The normalized spacial score (nSPS) is 12.5. The van der Waals surface area contributed by atoms with Crippen LogP contribution >= 0.6 is 0 Å². The van der Waals surface area contributed by atoms with Gasteiger partial charge in [0.2, 0.25) is 5.91 Å². The SMILES string of the molecule is CCCC(O)CNC(=O)CCn1cnc2ccccc21. The van der Waals surface area contributed by atoms with Crippen molar-refractivity contribution in [2.24, 2.45) is 0 Å². The van der Waals surface area contributed by atoms with Gasteiger partial charge < -0.3 is 15.0 Å². The molecule has 0 fully saturated rings. The van der Waals surface area contributed by atoms with Crippen molar-refractivity contribution in [1.82, 2.24) is 14.9 Å². The summed E-state index contributed by atoms with van der Waals surface area (Å²) in [5, 5.41) is 12.3. The molecule has 2 aromatic rings. The number of fused-ring (bicyclic) bond motifs is 1. The number of aryl methyl sites for hydroxylation is 1. The number of carbonyl (C=O) groups is 1. The van der Waals surface area contributed by atoms with Gasteiger partial charge in [0, 0.05) is 19.5 Å². The molecule has 5 nitrogen and oxygen atoms in total. The molecular weight excluding hydrogens is 254 g/mol. The highest BCUT2D eigenvalue weighted by Gasteiger charge is 2.07. The number of imidazole rings is 1. The average Bonchev–Trinajstić information content (AvgIpc) is 2.86. The topological polar surface area (TPSA) is 67.2 Å². The minimum atomic E-state index is -0.446. The van der Waals surface area contributed by atoms with Gasteiger partial charge in [-0.05, 0) is 18.6 Å². The van der Waals surface area contributed by atoms with E-state index in [0.717, 1.165) is 17.5 Å². The zero-order valence-corrected chi connectivity index (χ0v) is 11.7. The van der Waals surface area contributed by atoms with Gasteiger partial charge in [-0.15, -0.1) is 0 Å². The molecule has 0 bridgehead atoms. The van der Waals surface area contributed by atoms with Gasteiger partial charge in [0.05, 0.1) is 23.5 Å². The first-order valence-corrected chi connectivity index (χ1v) is 7.05. The Morgan fingerprint density at radius 3 is 3.05 bits per heavy atom. The Bertz CT molecular complexity index is 565. The molecule has 0 spiro atoms. The minimum absolute atomic E-state index is 0.0436. The molecule has 1 atom stereocenters. The van der Waals surface area contributed by atoms with Crippen LogP contribution in [0.15, 0.2) is 30.6 Å². The Labute approximate surface area is 118 Å². The first kappa shape index (κ1) is 14.5. The van der Waals surface area contributed by atoms with E-state index in [0.29, 0.717) is 25.9 Å². The van der Waals surface area contributed by atoms with E-state index in [4.69, 9.17) is 0 Å². The molecule has 1 amide bonds. The van der Waals surface area contributed by atoms with Crippen LogP contribution in [-0.4, -0.2) is 33.2 Å². The van der Waals surface area contributed by atoms with Crippen molar-refractivity contribution in [2.45, 2.75) is 38.8 Å². The molecule has 5 heteroatoms. The molecule has 108 valence electrons. The second-order valence-corrected chi connectivity index (χ2v) is 4.92. The highest BCUT2D eigenvalue weighted by molar-refractivity contribution is 5.77. The third-order valence-corrected chi connectivity index (χ3v) is 3.26. The molecule has 0 aliphatic carbocycles. The summed E-state index contributed by atoms with van der Waals surface area (Å²) in [6.45, 7) is 2.93. The lowest BCUT2D eigenvalue weighted by molar-refractivity contribution is -0.121. The number of hydrogen-bond donors (Lipinski definition) is 2. The van der Waals surface area contributed by atoms with Crippen LogP contribution in [-0.2, 0) is 11.3 Å². The average molecular weight is 275 g/mol. The van der Waals surface area contributed by atoms with Crippen LogP contribution in [0.2, 0.25) is 0 Å². The fourth-order valence-electron chi connectivity index (χ4n) is 2.17. The molecule has 0 aliphatic rings. The summed E-state index contributed by atoms with van der Waals surface area (Å²) < 4.78 is 1.97. The van der Waals surface area contributed by atoms with E-state index in [9.17, 15) is 9.90 Å². The largest absolute Gasteiger partial charge is 0.391 e. The first-order chi connectivity index (χ1) is 9.70. The highest BCUT2D eigenvalue weighted by atomic mass is 16.3. The molecule has 2 N–H and O–H groups in total. The predicted octanol–water partition coefficient (Wildman–Crippen LogP) is 1.70. The molecule has 2 rings (SSSR count). The van der Waals surface area contributed by atoms with Gasteiger partial charge in [-0.3, -0.25) is 4.79 Å². The van der Waals surface area contributed by atoms with E-state index in [1.807, 2.05) is 35.8 Å². The second kappa shape index (κ2) is 7.05. The Balaban J connectivity index is 1.81. The van der Waals surface area contributed by atoms with Crippen molar-refractivity contribution in [3.8, 4) is 0 Å². The van der Waals surface area contributed by atoms with Crippen molar-refractivity contribution in [3.05, 3.63) is 30.6 Å². The molecule has 1 aromatic carbocycles. The Morgan fingerprint density at radius 2 is 2.25 bits per heavy atom. The number of benzene rings is 1. The number of nitrogens with one attached hydrogen (secondary N) is 1. The number of carbonyl (C=O) groups excluding carboxylic acids is 1. The summed E-state index contributed by atoms with van der Waals surface area (Å²) in [7, 11) is 0. The van der Waals surface area contributed by atoms with Gasteiger partial charge in [0.1, 0.15) is 0 Å². The van der Waals surface area contributed by atoms with Crippen molar-refractivity contribution >= 4 is 16.9 Å². The Kier molecular flexibility index (Phi) is 5.12. The highest BCUT2D eigenvalue weighted by Crippen LogP contribution is 2.11. The predicted molar refractivity (Wildman–Crippen MR) is 78.3 cm³/mol. The van der Waals surface area contributed by atoms with Crippen LogP contribution in [0.4, 0.5) is 0 Å². The third-order valence-electron chi connectivity index (χ3n) is 3.26. The monoisotopic (exact) mass is 275 g/mol. The summed E-state index contributed by atoms with van der Waals surface area (Å²) in [6, 6.07) is 7.85. The standard InChI is InChI=1S/C15H21N3O2/c1-2-5-12(19)10-16-15(20)8-9-18-11-17-13-6-3-4-7-14(13)18/h3-4,6-7,11-12,19H,2,5,8-10H2,1H3,(H,16,20). The lowest BCUT2D eigenvalue weighted by atomic mass is 10.2. The summed E-state index contributed by atoms with van der Waals surface area (Å²) in [4.78, 5) is 16.0. The summed E-state index contributed by atoms with van der Waals surface area (Å²) >= 11 is 0. The van der Waals surface area contributed by atoms with Crippen molar-refractivity contribution in [2.75, 3.05) is 6.54 Å². The number of para-hydroxylation sites is 2. The summed E-state index contributed by atoms with van der Waals surface area (Å²) in [5.41, 5.74) is 1.97. The minimum Gasteiger partial charge on any atom is -0.391 e. The zero-order valence-electron chi connectivity index (χ0n) is 11.7. The maximum Gasteiger partial charge on any atom is 0.221 e. The molecule has 0 saturated carbocycles. The summed E-state index contributed by atoms with van der Waals surface area (Å²) in [5.74, 6) is -0.0436. The summed E-state index contributed by atoms with van der Waals surface area (Å²) in [6.07, 6.45) is 3.33. The number of aromatic nitrogens is 2. The number of nitrogens with zero attached hydrogens (tertiary/aromatic N) is 2. The Morgan fingerprint density at radius 1 is 1.45 bits per heavy atom. The van der Waals surface area contributed by atoms with E-state index in [1.165, 1.54) is 0 Å². The number of hydrogen-bond acceptors (Lipinski definition) is 3. The number of amides is 1. The smallest absolute Gasteiger partial charge is 0.221 e. The molecule has 1 aromatic heterocycles. The lowest BCUT2D eigenvalue weighted by Gasteiger charge is -2.11. The van der Waals surface area contributed by atoms with E-state index in [2.05, 4.69) is 10.3 Å². The van der Waals surface area contributed by atoms with E-state index < -0.39 is 6.10 Å². The van der Waals surface area contributed by atoms with Crippen molar-refractivity contribution < 1.29 is 9.90 Å². The third kappa shape index (κ3) is 3.81. The van der Waals surface area contributed by atoms with Gasteiger partial charge in [-0.25, -0.2) is 4.98 Å². The first-order valence-electron chi connectivity index (χ1n) is 7.05. The zero-order chi connectivity index (χ0) is 14.4. The van der Waals surface area contributed by atoms with Crippen LogP contribution in [0.25, 0.3) is 11.0 Å². The molecule has 0 radical (unpaired) electrons. The fourth-order valence-corrected chi connectivity index (χ4v) is 2.17. The number of rotatable bonds is 7. The van der Waals surface area contributed by atoms with Crippen LogP contribution < -0.4 is 5.32 Å². The molecular formula is C15H21N3O2. The van der Waals surface area contributed by atoms with E-state index in [1.54, 1.807) is 6.33 Å². The molecule has 1 heterocycles. The van der Waals surface area contributed by atoms with Crippen LogP contribution in [0.3, 0.4) is 0 Å². The maximum absolute atomic E-state index is 11.7. The molecule has 0 aliphatic heterocycles. The van der Waals surface area contributed by atoms with Crippen LogP contribution in [0, 0.1) is 0 Å². The number of aliphatic hydroxyl groups is 1. The van der Waals surface area contributed by atoms with Gasteiger partial charge in [-0.2, -0.15) is 0 Å². The fraction of sp³-hybridized carbons (Fsp3) is 0.467. The molecule has 20 heavy (non-hydrogen) atoms. The molecule has 1 unspecified atom stereocenters. The van der Waals surface area contributed by atoms with Crippen molar-refractivity contribution in [3.63, 3.8) is 0 Å². The van der Waals surface area contributed by atoms with E-state index >= 15 is 0 Å². The maximum atomic E-state index is 11.7. The Hall–Kier alpha value is -1.88. The van der Waals surface area contributed by atoms with Crippen LogP contribution in [0.5, 0.6) is 0 Å². The molecule has 0 saturated heterocycles. The van der Waals surface area contributed by atoms with Gasteiger partial charge >= 0.3 is 0 Å². The quantitative estimate of drug-likeness (QED) is 0.808. The van der Waals surface area contributed by atoms with Crippen LogP contribution in [0.1, 0.15) is 26.2 Å². The van der Waals surface area contributed by atoms with Gasteiger partial charge in [0.15, 0.2) is 0 Å². The van der Waals surface area contributed by atoms with Gasteiger partial charge in [-0.1, -0.05) is 25.5 Å². The van der Waals surface area contributed by atoms with Gasteiger partial charge in [0.25, 0.3) is 0 Å². The second-order valence-electron chi connectivity index (χ2n) is 4.92. The lowest BCUT2D eigenvalue weighted by Crippen LogP contribution is -2.32. The van der Waals surface area contributed by atoms with Crippen molar-refractivity contribution in [1.29, 1.82) is 0 Å².